The van der Waals surface area contributed by atoms with E-state index in [1.54, 1.807) is 0 Å². The predicted molar refractivity (Wildman–Crippen MR) is 62.7 cm³/mol. The van der Waals surface area contributed by atoms with Crippen molar-refractivity contribution < 1.29 is 4.79 Å². The van der Waals surface area contributed by atoms with E-state index in [0.717, 1.165) is 25.9 Å². The van der Waals surface area contributed by atoms with Gasteiger partial charge in [-0.15, -0.1) is 0 Å². The number of rotatable bonds is 3. The van der Waals surface area contributed by atoms with Gasteiger partial charge < -0.3 is 10.2 Å². The first-order chi connectivity index (χ1) is 6.97. The highest BCUT2D eigenvalue weighted by atomic mass is 16.2. The van der Waals surface area contributed by atoms with Crippen LogP contribution in [0.2, 0.25) is 0 Å². The molecule has 1 fully saturated rings. The van der Waals surface area contributed by atoms with Crippen molar-refractivity contribution in [3.8, 4) is 0 Å². The van der Waals surface area contributed by atoms with Gasteiger partial charge in [0.2, 0.25) is 5.91 Å². The average molecular weight is 212 g/mol. The van der Waals surface area contributed by atoms with E-state index in [-0.39, 0.29) is 5.54 Å². The van der Waals surface area contributed by atoms with Crippen molar-refractivity contribution in [3.63, 3.8) is 0 Å². The summed E-state index contributed by atoms with van der Waals surface area (Å²) in [6, 6.07) is 0. The van der Waals surface area contributed by atoms with Gasteiger partial charge in [-0.2, -0.15) is 0 Å². The Balaban J connectivity index is 2.40. The Kier molecular flexibility index (Phi) is 4.14. The van der Waals surface area contributed by atoms with Gasteiger partial charge in [-0.25, -0.2) is 0 Å². The van der Waals surface area contributed by atoms with Crippen molar-refractivity contribution >= 4 is 5.91 Å². The van der Waals surface area contributed by atoms with Crippen molar-refractivity contribution in [3.05, 3.63) is 0 Å². The van der Waals surface area contributed by atoms with Gasteiger partial charge in [0.15, 0.2) is 0 Å². The van der Waals surface area contributed by atoms with Crippen molar-refractivity contribution in [2.45, 2.75) is 45.6 Å². The molecule has 0 spiro atoms. The maximum Gasteiger partial charge on any atom is 0.222 e. The van der Waals surface area contributed by atoms with Crippen LogP contribution >= 0.6 is 0 Å². The summed E-state index contributed by atoms with van der Waals surface area (Å²) in [5.41, 5.74) is 0.231. The molecule has 1 saturated heterocycles. The van der Waals surface area contributed by atoms with Crippen LogP contribution in [0, 0.1) is 5.92 Å². The molecule has 1 amide bonds. The number of likely N-dealkylation sites (tertiary alicyclic amines) is 1. The minimum absolute atomic E-state index is 0.231. The number of amides is 1. The van der Waals surface area contributed by atoms with Gasteiger partial charge in [-0.3, -0.25) is 4.79 Å². The summed E-state index contributed by atoms with van der Waals surface area (Å²) in [6.07, 6.45) is 2.82. The summed E-state index contributed by atoms with van der Waals surface area (Å²) in [5, 5.41) is 3.34. The molecule has 88 valence electrons. The first-order valence-electron chi connectivity index (χ1n) is 5.93. The first-order valence-corrected chi connectivity index (χ1v) is 5.93. The van der Waals surface area contributed by atoms with Gasteiger partial charge in [0, 0.05) is 25.0 Å². The molecule has 0 aromatic carbocycles. The Hall–Kier alpha value is -0.570. The molecular formula is C12H24N2O. The largest absolute Gasteiger partial charge is 0.343 e. The van der Waals surface area contributed by atoms with Crippen LogP contribution in [-0.2, 0) is 4.79 Å². The smallest absolute Gasteiger partial charge is 0.222 e. The van der Waals surface area contributed by atoms with Gasteiger partial charge >= 0.3 is 0 Å². The lowest BCUT2D eigenvalue weighted by Gasteiger charge is -2.39. The number of nitrogens with one attached hydrogen (secondary N) is 1. The minimum Gasteiger partial charge on any atom is -0.343 e. The molecule has 1 N–H and O–H groups in total. The number of hydrogen-bond donors (Lipinski definition) is 1. The lowest BCUT2D eigenvalue weighted by atomic mass is 9.89. The van der Waals surface area contributed by atoms with Crippen LogP contribution in [0.3, 0.4) is 0 Å². The molecule has 0 aromatic heterocycles. The maximum absolute atomic E-state index is 11.8. The van der Waals surface area contributed by atoms with E-state index in [2.05, 4.69) is 26.1 Å². The molecule has 1 aliphatic heterocycles. The van der Waals surface area contributed by atoms with Crippen LogP contribution in [0.15, 0.2) is 0 Å². The molecule has 0 saturated carbocycles. The summed E-state index contributed by atoms with van der Waals surface area (Å²) >= 11 is 0. The molecule has 1 rings (SSSR count). The fourth-order valence-electron chi connectivity index (χ4n) is 1.98. The van der Waals surface area contributed by atoms with Crippen LogP contribution in [0.1, 0.15) is 40.0 Å². The lowest BCUT2D eigenvalue weighted by Crippen LogP contribution is -2.51. The second kappa shape index (κ2) is 4.97. The predicted octanol–water partition coefficient (Wildman–Crippen LogP) is 1.63. The van der Waals surface area contributed by atoms with E-state index in [1.807, 2.05) is 11.9 Å². The first kappa shape index (κ1) is 12.5. The molecule has 15 heavy (non-hydrogen) atoms. The van der Waals surface area contributed by atoms with Crippen LogP contribution in [0.5, 0.6) is 0 Å². The van der Waals surface area contributed by atoms with Crippen LogP contribution < -0.4 is 5.32 Å². The van der Waals surface area contributed by atoms with Crippen molar-refractivity contribution in [1.29, 1.82) is 0 Å². The Morgan fingerprint density at radius 2 is 1.93 bits per heavy atom. The summed E-state index contributed by atoms with van der Waals surface area (Å²) in [5.74, 6) is 0.790. The highest BCUT2D eigenvalue weighted by Gasteiger charge is 2.30. The van der Waals surface area contributed by atoms with E-state index in [4.69, 9.17) is 0 Å². The van der Waals surface area contributed by atoms with Gasteiger partial charge in [0.05, 0.1) is 0 Å². The fourth-order valence-corrected chi connectivity index (χ4v) is 1.98. The van der Waals surface area contributed by atoms with Gasteiger partial charge in [-0.1, -0.05) is 13.8 Å². The molecular weight excluding hydrogens is 188 g/mol. The summed E-state index contributed by atoms with van der Waals surface area (Å²) in [4.78, 5) is 13.8. The highest BCUT2D eigenvalue weighted by molar-refractivity contribution is 5.76. The molecule has 3 nitrogen and oxygen atoms in total. The number of piperidine rings is 1. The van der Waals surface area contributed by atoms with E-state index in [0.29, 0.717) is 18.2 Å². The third-order valence-corrected chi connectivity index (χ3v) is 3.41. The number of carbonyl (C=O) groups is 1. The fraction of sp³-hybridized carbons (Fsp3) is 0.917. The molecule has 0 radical (unpaired) electrons. The topological polar surface area (TPSA) is 32.3 Å². The third kappa shape index (κ3) is 3.49. The zero-order chi connectivity index (χ0) is 11.5. The second-order valence-corrected chi connectivity index (χ2v) is 5.29. The standard InChI is InChI=1S/C12H24N2O/c1-10(2)9-11(15)14-7-5-12(3,13-4)6-8-14/h10,13H,5-9H2,1-4H3. The molecule has 0 atom stereocenters. The Morgan fingerprint density at radius 3 is 2.33 bits per heavy atom. The number of nitrogens with zero attached hydrogens (tertiary/aromatic N) is 1. The monoisotopic (exact) mass is 212 g/mol. The highest BCUT2D eigenvalue weighted by Crippen LogP contribution is 2.21. The molecule has 1 aliphatic rings. The summed E-state index contributed by atoms with van der Waals surface area (Å²) in [6.45, 7) is 8.24. The SMILES string of the molecule is CNC1(C)CCN(C(=O)CC(C)C)CC1. The Morgan fingerprint density at radius 1 is 1.40 bits per heavy atom. The summed E-state index contributed by atoms with van der Waals surface area (Å²) < 4.78 is 0. The minimum atomic E-state index is 0.231. The maximum atomic E-state index is 11.8. The van der Waals surface area contributed by atoms with Crippen molar-refractivity contribution in [1.82, 2.24) is 10.2 Å². The molecule has 0 unspecified atom stereocenters. The van der Waals surface area contributed by atoms with E-state index in [9.17, 15) is 4.79 Å². The third-order valence-electron chi connectivity index (χ3n) is 3.41. The molecule has 3 heteroatoms. The van der Waals surface area contributed by atoms with E-state index in [1.165, 1.54) is 0 Å². The quantitative estimate of drug-likeness (QED) is 0.771. The van der Waals surface area contributed by atoms with Gasteiger partial charge in [0.1, 0.15) is 0 Å². The van der Waals surface area contributed by atoms with E-state index < -0.39 is 0 Å². The Labute approximate surface area is 93.2 Å². The molecule has 0 aliphatic carbocycles. The molecule has 1 heterocycles. The number of carbonyl (C=O) groups excluding carboxylic acids is 1. The van der Waals surface area contributed by atoms with Crippen LogP contribution in [0.25, 0.3) is 0 Å². The van der Waals surface area contributed by atoms with Gasteiger partial charge in [0.25, 0.3) is 0 Å². The van der Waals surface area contributed by atoms with Crippen LogP contribution in [0.4, 0.5) is 0 Å². The van der Waals surface area contributed by atoms with Crippen molar-refractivity contribution in [2.75, 3.05) is 20.1 Å². The zero-order valence-electron chi connectivity index (χ0n) is 10.5. The lowest BCUT2D eigenvalue weighted by molar-refractivity contribution is -0.133. The molecule has 0 bridgehead atoms. The number of hydrogen-bond acceptors (Lipinski definition) is 2. The second-order valence-electron chi connectivity index (χ2n) is 5.29. The normalized spacial score (nSPS) is 20.7. The molecule has 0 aromatic rings. The summed E-state index contributed by atoms with van der Waals surface area (Å²) in [7, 11) is 2.01. The van der Waals surface area contributed by atoms with Crippen LogP contribution in [-0.4, -0.2) is 36.5 Å². The van der Waals surface area contributed by atoms with Crippen molar-refractivity contribution in [2.24, 2.45) is 5.92 Å². The van der Waals surface area contributed by atoms with Gasteiger partial charge in [-0.05, 0) is 32.7 Å². The average Bonchev–Trinajstić information content (AvgIpc) is 2.18. The Bertz CT molecular complexity index is 218. The zero-order valence-corrected chi connectivity index (χ0v) is 10.5. The van der Waals surface area contributed by atoms with E-state index >= 15 is 0 Å².